The van der Waals surface area contributed by atoms with E-state index in [4.69, 9.17) is 18.3 Å². The highest BCUT2D eigenvalue weighted by Gasteiger charge is 2.20. The molecule has 0 aromatic carbocycles. The molecule has 0 saturated carbocycles. The van der Waals surface area contributed by atoms with Crippen molar-refractivity contribution in [3.63, 3.8) is 0 Å². The normalized spacial score (nSPS) is 14.1. The Hall–Kier alpha value is -1.64. The Kier molecular flexibility index (Phi) is 10.3. The Labute approximate surface area is 166 Å². The summed E-state index contributed by atoms with van der Waals surface area (Å²) in [6, 6.07) is 7.29. The van der Waals surface area contributed by atoms with Crippen molar-refractivity contribution in [2.24, 2.45) is 5.92 Å². The van der Waals surface area contributed by atoms with E-state index in [0.717, 1.165) is 29.4 Å². The second-order valence-electron chi connectivity index (χ2n) is 7.59. The van der Waals surface area contributed by atoms with E-state index in [2.05, 4.69) is 13.8 Å². The number of furan rings is 2. The number of aliphatic hydroxyl groups is 2. The summed E-state index contributed by atoms with van der Waals surface area (Å²) in [6.45, 7) is 7.40. The van der Waals surface area contributed by atoms with Crippen LogP contribution in [0.3, 0.4) is 0 Å². The van der Waals surface area contributed by atoms with Crippen LogP contribution < -0.4 is 4.90 Å². The van der Waals surface area contributed by atoms with Crippen molar-refractivity contribution < 1.29 is 33.4 Å². The number of rotatable bonds is 15. The van der Waals surface area contributed by atoms with E-state index >= 15 is 0 Å². The van der Waals surface area contributed by atoms with Crippen molar-refractivity contribution >= 4 is 0 Å². The van der Waals surface area contributed by atoms with Gasteiger partial charge in [0.1, 0.15) is 50.0 Å². The summed E-state index contributed by atoms with van der Waals surface area (Å²) in [6.07, 6.45) is 3.02. The van der Waals surface area contributed by atoms with Crippen molar-refractivity contribution in [3.8, 4) is 0 Å². The number of ether oxygens (including phenoxy) is 2. The van der Waals surface area contributed by atoms with Gasteiger partial charge in [-0.05, 0) is 36.6 Å². The molecule has 3 N–H and O–H groups in total. The average Bonchev–Trinajstić information content (AvgIpc) is 3.33. The first-order chi connectivity index (χ1) is 13.5. The van der Waals surface area contributed by atoms with Crippen LogP contribution in [0.15, 0.2) is 45.6 Å². The minimum atomic E-state index is -0.603. The van der Waals surface area contributed by atoms with Crippen molar-refractivity contribution in [1.29, 1.82) is 0 Å². The molecule has 0 bridgehead atoms. The highest BCUT2D eigenvalue weighted by atomic mass is 16.5. The number of nitrogens with one attached hydrogen (secondary N) is 1. The summed E-state index contributed by atoms with van der Waals surface area (Å²) in [5, 5.41) is 20.7. The molecule has 0 spiro atoms. The van der Waals surface area contributed by atoms with E-state index in [1.54, 1.807) is 12.5 Å². The zero-order valence-corrected chi connectivity index (χ0v) is 16.9. The van der Waals surface area contributed by atoms with Crippen molar-refractivity contribution in [2.75, 3.05) is 32.8 Å². The van der Waals surface area contributed by atoms with Crippen LogP contribution in [0, 0.1) is 5.92 Å². The lowest BCUT2D eigenvalue weighted by Crippen LogP contribution is -3.14. The molecular weight excluding hydrogens is 362 g/mol. The molecule has 7 nitrogen and oxygen atoms in total. The molecule has 158 valence electrons. The van der Waals surface area contributed by atoms with Gasteiger partial charge in [0.2, 0.25) is 0 Å². The van der Waals surface area contributed by atoms with Gasteiger partial charge in [-0.3, -0.25) is 0 Å². The Morgan fingerprint density at radius 3 is 1.79 bits per heavy atom. The number of hydrogen-bond donors (Lipinski definition) is 3. The van der Waals surface area contributed by atoms with Gasteiger partial charge in [0.15, 0.2) is 0 Å². The maximum atomic E-state index is 10.3. The SMILES string of the molecule is CC(C)CC[NH+](C[C@@H](O)COCc1ccco1)C[C@@H](O)COCc1ccco1. The zero-order chi connectivity index (χ0) is 20.2. The molecule has 7 heteroatoms. The molecule has 0 radical (unpaired) electrons. The summed E-state index contributed by atoms with van der Waals surface area (Å²) in [7, 11) is 0. The quantitative estimate of drug-likeness (QED) is 0.420. The van der Waals surface area contributed by atoms with Crippen LogP contribution in [-0.2, 0) is 22.7 Å². The Morgan fingerprint density at radius 2 is 1.39 bits per heavy atom. The highest BCUT2D eigenvalue weighted by molar-refractivity contribution is 4.96. The highest BCUT2D eigenvalue weighted by Crippen LogP contribution is 2.03. The predicted octanol–water partition coefficient (Wildman–Crippen LogP) is 1.26. The molecule has 0 saturated heterocycles. The van der Waals surface area contributed by atoms with Crippen LogP contribution in [-0.4, -0.2) is 55.3 Å². The fraction of sp³-hybridized carbons (Fsp3) is 0.619. The van der Waals surface area contributed by atoms with E-state index in [9.17, 15) is 10.2 Å². The average molecular weight is 397 g/mol. The third kappa shape index (κ3) is 9.52. The van der Waals surface area contributed by atoms with Crippen LogP contribution in [0.4, 0.5) is 0 Å². The third-order valence-corrected chi connectivity index (χ3v) is 4.39. The standard InChI is InChI=1S/C21H33NO6/c1-17(2)7-8-22(11-18(23)13-25-15-20-5-3-9-27-20)12-19(24)14-26-16-21-6-4-10-28-21/h3-6,9-10,17-19,23-24H,7-8,11-16H2,1-2H3/p+1/t18-,19-/m1/s1. The smallest absolute Gasteiger partial charge is 0.129 e. The largest absolute Gasteiger partial charge is 0.467 e. The molecule has 0 amide bonds. The van der Waals surface area contributed by atoms with Crippen LogP contribution in [0.25, 0.3) is 0 Å². The molecular formula is C21H34NO6+. The van der Waals surface area contributed by atoms with Gasteiger partial charge in [0.05, 0.1) is 32.3 Å². The molecule has 0 fully saturated rings. The van der Waals surface area contributed by atoms with Crippen molar-refractivity contribution in [2.45, 2.75) is 45.7 Å². The van der Waals surface area contributed by atoms with E-state index in [1.165, 1.54) is 0 Å². The molecule has 28 heavy (non-hydrogen) atoms. The molecule has 2 atom stereocenters. The van der Waals surface area contributed by atoms with Crippen molar-refractivity contribution in [1.82, 2.24) is 0 Å². The molecule has 2 aromatic rings. The Bertz CT molecular complexity index is 550. The van der Waals surface area contributed by atoms with Gasteiger partial charge in [-0.2, -0.15) is 0 Å². The summed E-state index contributed by atoms with van der Waals surface area (Å²) < 4.78 is 21.5. The Balaban J connectivity index is 1.70. The van der Waals surface area contributed by atoms with Crippen LogP contribution in [0.2, 0.25) is 0 Å². The number of aliphatic hydroxyl groups excluding tert-OH is 2. The lowest BCUT2D eigenvalue weighted by Gasteiger charge is -2.25. The van der Waals surface area contributed by atoms with E-state index in [-0.39, 0.29) is 13.2 Å². The van der Waals surface area contributed by atoms with Crippen molar-refractivity contribution in [3.05, 3.63) is 48.3 Å². The second-order valence-corrected chi connectivity index (χ2v) is 7.59. The van der Waals surface area contributed by atoms with Gasteiger partial charge in [-0.15, -0.1) is 0 Å². The van der Waals surface area contributed by atoms with Crippen LogP contribution in [0.1, 0.15) is 31.8 Å². The minimum Gasteiger partial charge on any atom is -0.467 e. The van der Waals surface area contributed by atoms with Gasteiger partial charge < -0.3 is 33.4 Å². The Morgan fingerprint density at radius 1 is 0.893 bits per heavy atom. The number of quaternary nitrogens is 1. The summed E-state index contributed by atoms with van der Waals surface area (Å²) in [5.74, 6) is 2.04. The molecule has 2 aromatic heterocycles. The first-order valence-electron chi connectivity index (χ1n) is 9.93. The minimum absolute atomic E-state index is 0.233. The summed E-state index contributed by atoms with van der Waals surface area (Å²) in [4.78, 5) is 1.14. The van der Waals surface area contributed by atoms with Gasteiger partial charge in [-0.25, -0.2) is 0 Å². The first kappa shape index (κ1) is 22.6. The predicted molar refractivity (Wildman–Crippen MR) is 104 cm³/mol. The third-order valence-electron chi connectivity index (χ3n) is 4.39. The first-order valence-corrected chi connectivity index (χ1v) is 9.93. The lowest BCUT2D eigenvalue weighted by atomic mass is 10.1. The monoisotopic (exact) mass is 396 g/mol. The maximum Gasteiger partial charge on any atom is 0.129 e. The van der Waals surface area contributed by atoms with E-state index in [1.807, 2.05) is 24.3 Å². The van der Waals surface area contributed by atoms with Gasteiger partial charge in [0, 0.05) is 0 Å². The summed E-state index contributed by atoms with van der Waals surface area (Å²) >= 11 is 0. The molecule has 0 unspecified atom stereocenters. The molecule has 0 aliphatic rings. The molecule has 0 aliphatic carbocycles. The van der Waals surface area contributed by atoms with Gasteiger partial charge >= 0.3 is 0 Å². The van der Waals surface area contributed by atoms with E-state index in [0.29, 0.717) is 32.2 Å². The summed E-state index contributed by atoms with van der Waals surface area (Å²) in [5.41, 5.74) is 0. The van der Waals surface area contributed by atoms with Gasteiger partial charge in [0.25, 0.3) is 0 Å². The fourth-order valence-electron chi connectivity index (χ4n) is 2.95. The maximum absolute atomic E-state index is 10.3. The van der Waals surface area contributed by atoms with Gasteiger partial charge in [-0.1, -0.05) is 13.8 Å². The molecule has 2 rings (SSSR count). The number of hydrogen-bond acceptors (Lipinski definition) is 6. The molecule has 0 aliphatic heterocycles. The van der Waals surface area contributed by atoms with Crippen LogP contribution >= 0.6 is 0 Å². The lowest BCUT2D eigenvalue weighted by molar-refractivity contribution is -0.907. The van der Waals surface area contributed by atoms with Crippen LogP contribution in [0.5, 0.6) is 0 Å². The topological polar surface area (TPSA) is 89.6 Å². The second kappa shape index (κ2) is 12.7. The fourth-order valence-corrected chi connectivity index (χ4v) is 2.95. The molecule has 2 heterocycles. The van der Waals surface area contributed by atoms with E-state index < -0.39 is 12.2 Å². The zero-order valence-electron chi connectivity index (χ0n) is 16.9.